The summed E-state index contributed by atoms with van der Waals surface area (Å²) in [4.78, 5) is 28.2. The Labute approximate surface area is 162 Å². The average molecular weight is 379 g/mol. The van der Waals surface area contributed by atoms with E-state index in [1.165, 1.54) is 16.9 Å². The smallest absolute Gasteiger partial charge is 0.263 e. The molecule has 1 fully saturated rings. The van der Waals surface area contributed by atoms with Crippen molar-refractivity contribution in [3.63, 3.8) is 0 Å². The quantitative estimate of drug-likeness (QED) is 0.738. The van der Waals surface area contributed by atoms with Crippen LogP contribution in [0, 0.1) is 0 Å². The molecule has 1 aromatic carbocycles. The molecule has 0 unspecified atom stereocenters. The van der Waals surface area contributed by atoms with Gasteiger partial charge in [-0.2, -0.15) is 0 Å². The van der Waals surface area contributed by atoms with Crippen molar-refractivity contribution >= 4 is 17.2 Å². The molecule has 3 aromatic rings. The van der Waals surface area contributed by atoms with Crippen molar-refractivity contribution < 1.29 is 4.79 Å². The highest BCUT2D eigenvalue weighted by Gasteiger charge is 2.22. The number of piperidine rings is 1. The van der Waals surface area contributed by atoms with Crippen molar-refractivity contribution in [1.29, 1.82) is 0 Å². The molecule has 0 spiro atoms. The van der Waals surface area contributed by atoms with E-state index in [1.807, 2.05) is 6.07 Å². The van der Waals surface area contributed by atoms with Gasteiger partial charge in [0.2, 0.25) is 0 Å². The van der Waals surface area contributed by atoms with E-state index in [1.54, 1.807) is 24.7 Å². The van der Waals surface area contributed by atoms with Gasteiger partial charge in [0.05, 0.1) is 6.20 Å². The molecule has 0 bridgehead atoms. The van der Waals surface area contributed by atoms with E-state index in [9.17, 15) is 4.79 Å². The van der Waals surface area contributed by atoms with Gasteiger partial charge in [-0.15, -0.1) is 11.3 Å². The Hall–Kier alpha value is -2.64. The van der Waals surface area contributed by atoms with Crippen LogP contribution >= 0.6 is 11.3 Å². The van der Waals surface area contributed by atoms with Crippen LogP contribution in [0.2, 0.25) is 0 Å². The van der Waals surface area contributed by atoms with Crippen LogP contribution in [0.5, 0.6) is 0 Å². The maximum absolute atomic E-state index is 12.5. The summed E-state index contributed by atoms with van der Waals surface area (Å²) in [7, 11) is 0. The fourth-order valence-corrected chi connectivity index (χ4v) is 3.99. The van der Waals surface area contributed by atoms with Gasteiger partial charge in [-0.05, 0) is 24.5 Å². The van der Waals surface area contributed by atoms with Gasteiger partial charge in [0.25, 0.3) is 5.91 Å². The summed E-state index contributed by atoms with van der Waals surface area (Å²) in [6.45, 7) is 2.95. The van der Waals surface area contributed by atoms with Gasteiger partial charge in [-0.1, -0.05) is 30.3 Å². The number of hydrogen-bond acceptors (Lipinski definition) is 6. The van der Waals surface area contributed by atoms with E-state index in [-0.39, 0.29) is 11.9 Å². The minimum atomic E-state index is -0.0591. The van der Waals surface area contributed by atoms with E-state index >= 15 is 0 Å². The van der Waals surface area contributed by atoms with Crippen LogP contribution < -0.4 is 5.32 Å². The molecule has 1 saturated heterocycles. The first-order valence-electron chi connectivity index (χ1n) is 9.08. The van der Waals surface area contributed by atoms with Crippen LogP contribution in [0.1, 0.15) is 28.1 Å². The number of likely N-dealkylation sites (tertiary alicyclic amines) is 1. The molecular formula is C20H21N5OS. The Morgan fingerprint density at radius 1 is 1.07 bits per heavy atom. The zero-order valence-corrected chi connectivity index (χ0v) is 15.7. The van der Waals surface area contributed by atoms with Gasteiger partial charge < -0.3 is 5.32 Å². The monoisotopic (exact) mass is 379 g/mol. The van der Waals surface area contributed by atoms with Crippen molar-refractivity contribution in [3.05, 3.63) is 65.4 Å². The van der Waals surface area contributed by atoms with Crippen molar-refractivity contribution in [1.82, 2.24) is 25.2 Å². The number of benzene rings is 1. The molecule has 0 saturated carbocycles. The number of amides is 1. The maximum Gasteiger partial charge on any atom is 0.263 e. The molecule has 7 heteroatoms. The molecule has 27 heavy (non-hydrogen) atoms. The van der Waals surface area contributed by atoms with E-state index in [2.05, 4.69) is 49.4 Å². The number of hydrogen-bond donors (Lipinski definition) is 1. The standard InChI is InChI=1S/C20H21N5OS/c26-19(17-13-23-20(27-17)18-21-9-4-10-22-18)24-16-7-11-25(12-8-16)14-15-5-2-1-3-6-15/h1-6,9-10,13,16H,7-8,11-12,14H2,(H,24,26). The number of aromatic nitrogens is 3. The second kappa shape index (κ2) is 8.37. The summed E-state index contributed by atoms with van der Waals surface area (Å²) in [5, 5.41) is 3.81. The first-order valence-corrected chi connectivity index (χ1v) is 9.90. The Morgan fingerprint density at radius 2 is 1.81 bits per heavy atom. The highest BCUT2D eigenvalue weighted by Crippen LogP contribution is 2.22. The Morgan fingerprint density at radius 3 is 2.56 bits per heavy atom. The van der Waals surface area contributed by atoms with Crippen LogP contribution in [-0.4, -0.2) is 44.9 Å². The molecule has 0 radical (unpaired) electrons. The predicted molar refractivity (Wildman–Crippen MR) is 105 cm³/mol. The topological polar surface area (TPSA) is 71.0 Å². The molecule has 0 atom stereocenters. The second-order valence-electron chi connectivity index (χ2n) is 6.61. The lowest BCUT2D eigenvalue weighted by molar-refractivity contribution is 0.0913. The lowest BCUT2D eigenvalue weighted by Crippen LogP contribution is -2.44. The van der Waals surface area contributed by atoms with Crippen LogP contribution in [0.15, 0.2) is 55.0 Å². The third-order valence-corrected chi connectivity index (χ3v) is 5.65. The van der Waals surface area contributed by atoms with Crippen LogP contribution in [-0.2, 0) is 6.54 Å². The summed E-state index contributed by atoms with van der Waals surface area (Å²) >= 11 is 1.33. The van der Waals surface area contributed by atoms with Gasteiger partial charge in [0, 0.05) is 38.1 Å². The number of thiazole rings is 1. The van der Waals surface area contributed by atoms with Gasteiger partial charge in [0.15, 0.2) is 10.8 Å². The minimum Gasteiger partial charge on any atom is -0.348 e. The molecule has 6 nitrogen and oxygen atoms in total. The Kier molecular flexibility index (Phi) is 5.50. The number of nitrogens with one attached hydrogen (secondary N) is 1. The van der Waals surface area contributed by atoms with Crippen molar-refractivity contribution in [3.8, 4) is 10.8 Å². The van der Waals surface area contributed by atoms with E-state index in [0.717, 1.165) is 32.5 Å². The Bertz CT molecular complexity index is 876. The number of carbonyl (C=O) groups excluding carboxylic acids is 1. The summed E-state index contributed by atoms with van der Waals surface area (Å²) in [6, 6.07) is 12.5. The van der Waals surface area contributed by atoms with Crippen LogP contribution in [0.3, 0.4) is 0 Å². The SMILES string of the molecule is O=C(NC1CCN(Cc2ccccc2)CC1)c1cnc(-c2ncccn2)s1. The lowest BCUT2D eigenvalue weighted by atomic mass is 10.0. The molecule has 1 amide bonds. The molecule has 4 rings (SSSR count). The average Bonchev–Trinajstić information content (AvgIpc) is 3.21. The second-order valence-corrected chi connectivity index (χ2v) is 7.64. The minimum absolute atomic E-state index is 0.0591. The molecule has 2 aromatic heterocycles. The largest absolute Gasteiger partial charge is 0.348 e. The van der Waals surface area contributed by atoms with Gasteiger partial charge in [-0.25, -0.2) is 15.0 Å². The third kappa shape index (κ3) is 4.56. The van der Waals surface area contributed by atoms with Crippen molar-refractivity contribution in [2.45, 2.75) is 25.4 Å². The normalized spacial score (nSPS) is 15.6. The molecule has 3 heterocycles. The summed E-state index contributed by atoms with van der Waals surface area (Å²) in [5.74, 6) is 0.493. The van der Waals surface area contributed by atoms with E-state index in [0.29, 0.717) is 15.7 Å². The fourth-order valence-electron chi connectivity index (χ4n) is 3.23. The zero-order chi connectivity index (χ0) is 18.5. The van der Waals surface area contributed by atoms with Crippen molar-refractivity contribution in [2.75, 3.05) is 13.1 Å². The third-order valence-electron chi connectivity index (χ3n) is 4.66. The molecule has 1 aliphatic rings. The highest BCUT2D eigenvalue weighted by atomic mass is 32.1. The van der Waals surface area contributed by atoms with E-state index in [4.69, 9.17) is 0 Å². The Balaban J connectivity index is 1.29. The predicted octanol–water partition coefficient (Wildman–Crippen LogP) is 2.99. The fraction of sp³-hybridized carbons (Fsp3) is 0.300. The first kappa shape index (κ1) is 17.8. The number of rotatable bonds is 5. The molecule has 0 aliphatic carbocycles. The van der Waals surface area contributed by atoms with Crippen LogP contribution in [0.4, 0.5) is 0 Å². The molecule has 1 N–H and O–H groups in total. The van der Waals surface area contributed by atoms with Gasteiger partial charge in [-0.3, -0.25) is 9.69 Å². The van der Waals surface area contributed by atoms with Gasteiger partial charge in [0.1, 0.15) is 4.88 Å². The van der Waals surface area contributed by atoms with Crippen molar-refractivity contribution in [2.24, 2.45) is 0 Å². The number of carbonyl (C=O) groups is 1. The van der Waals surface area contributed by atoms with Gasteiger partial charge >= 0.3 is 0 Å². The summed E-state index contributed by atoms with van der Waals surface area (Å²) in [6.07, 6.45) is 6.88. The molecule has 1 aliphatic heterocycles. The highest BCUT2D eigenvalue weighted by molar-refractivity contribution is 7.16. The lowest BCUT2D eigenvalue weighted by Gasteiger charge is -2.32. The molecule has 138 valence electrons. The molecular weight excluding hydrogens is 358 g/mol. The zero-order valence-electron chi connectivity index (χ0n) is 14.9. The summed E-state index contributed by atoms with van der Waals surface area (Å²) < 4.78 is 0. The summed E-state index contributed by atoms with van der Waals surface area (Å²) in [5.41, 5.74) is 1.33. The number of nitrogens with zero attached hydrogens (tertiary/aromatic N) is 4. The maximum atomic E-state index is 12.5. The van der Waals surface area contributed by atoms with E-state index < -0.39 is 0 Å². The van der Waals surface area contributed by atoms with Crippen LogP contribution in [0.25, 0.3) is 10.8 Å². The first-order chi connectivity index (χ1) is 13.3.